The number of aromatic amines is 1. The fraction of sp³-hybridized carbons (Fsp3) is 0.200. The summed E-state index contributed by atoms with van der Waals surface area (Å²) in [6, 6.07) is 9.98. The zero-order valence-corrected chi connectivity index (χ0v) is 11.5. The molecular formula is C15H16N2O4. The lowest BCUT2D eigenvalue weighted by Gasteiger charge is -2.15. The number of benzene rings is 1. The van der Waals surface area contributed by atoms with Crippen molar-refractivity contribution in [3.8, 4) is 5.75 Å². The van der Waals surface area contributed by atoms with Crippen molar-refractivity contribution in [2.24, 2.45) is 0 Å². The molecule has 0 saturated heterocycles. The van der Waals surface area contributed by atoms with Crippen LogP contribution in [0.3, 0.4) is 0 Å². The van der Waals surface area contributed by atoms with Crippen molar-refractivity contribution >= 4 is 5.91 Å². The first kappa shape index (κ1) is 14.8. The maximum Gasteiger partial charge on any atom is 0.260 e. The molecule has 0 fully saturated rings. The molecule has 2 aromatic rings. The van der Waals surface area contributed by atoms with Crippen molar-refractivity contribution in [1.29, 1.82) is 0 Å². The zero-order chi connectivity index (χ0) is 15.2. The number of carbonyl (C=O) groups is 1. The van der Waals surface area contributed by atoms with Crippen molar-refractivity contribution in [3.63, 3.8) is 0 Å². The number of rotatable bonds is 5. The van der Waals surface area contributed by atoms with Crippen LogP contribution in [0, 0.1) is 0 Å². The van der Waals surface area contributed by atoms with Gasteiger partial charge in [-0.2, -0.15) is 0 Å². The van der Waals surface area contributed by atoms with Crippen molar-refractivity contribution < 1.29 is 14.6 Å². The average Bonchev–Trinajstić information content (AvgIpc) is 2.52. The first-order chi connectivity index (χ1) is 10.1. The Morgan fingerprint density at radius 2 is 2.10 bits per heavy atom. The van der Waals surface area contributed by atoms with Gasteiger partial charge in [-0.25, -0.2) is 0 Å². The van der Waals surface area contributed by atoms with Crippen LogP contribution in [0.5, 0.6) is 5.75 Å². The standard InChI is InChI=1S/C15H16N2O4/c1-21-13-7-3-2-5-10(13)12(18)9-17-15(20)11-6-4-8-16-14(11)19/h2-8,12,18H,9H2,1H3,(H,16,19)(H,17,20)/t12-/m1/s1. The summed E-state index contributed by atoms with van der Waals surface area (Å²) in [6.07, 6.45) is 0.524. The highest BCUT2D eigenvalue weighted by Gasteiger charge is 2.15. The molecule has 1 amide bonds. The number of ether oxygens (including phenoxy) is 1. The second-order valence-corrected chi connectivity index (χ2v) is 4.38. The van der Waals surface area contributed by atoms with E-state index < -0.39 is 17.6 Å². The minimum Gasteiger partial charge on any atom is -0.496 e. The topological polar surface area (TPSA) is 91.4 Å². The maximum atomic E-state index is 11.9. The third-order valence-corrected chi connectivity index (χ3v) is 3.02. The Kier molecular flexibility index (Phi) is 4.73. The Hall–Kier alpha value is -2.60. The molecule has 2 rings (SSSR count). The van der Waals surface area contributed by atoms with Crippen LogP contribution >= 0.6 is 0 Å². The molecular weight excluding hydrogens is 272 g/mol. The van der Waals surface area contributed by atoms with Crippen LogP contribution in [0.2, 0.25) is 0 Å². The number of aliphatic hydroxyl groups excluding tert-OH is 1. The number of H-pyrrole nitrogens is 1. The van der Waals surface area contributed by atoms with E-state index in [2.05, 4.69) is 10.3 Å². The number of amides is 1. The Morgan fingerprint density at radius 1 is 1.33 bits per heavy atom. The fourth-order valence-electron chi connectivity index (χ4n) is 1.94. The van der Waals surface area contributed by atoms with Gasteiger partial charge in [-0.15, -0.1) is 0 Å². The fourth-order valence-corrected chi connectivity index (χ4v) is 1.94. The molecule has 6 nitrogen and oxygen atoms in total. The summed E-state index contributed by atoms with van der Waals surface area (Å²) < 4.78 is 5.15. The lowest BCUT2D eigenvalue weighted by Crippen LogP contribution is -2.32. The van der Waals surface area contributed by atoms with E-state index in [4.69, 9.17) is 4.74 Å². The molecule has 0 aliphatic heterocycles. The summed E-state index contributed by atoms with van der Waals surface area (Å²) in [5.41, 5.74) is 0.105. The summed E-state index contributed by atoms with van der Waals surface area (Å²) in [6.45, 7) is -0.0203. The predicted molar refractivity (Wildman–Crippen MR) is 77.3 cm³/mol. The summed E-state index contributed by atoms with van der Waals surface area (Å²) in [7, 11) is 1.51. The summed E-state index contributed by atoms with van der Waals surface area (Å²) in [5, 5.41) is 12.6. The van der Waals surface area contributed by atoms with Crippen LogP contribution in [0.15, 0.2) is 47.4 Å². The Labute approximate surface area is 121 Å². The van der Waals surface area contributed by atoms with Gasteiger partial charge in [-0.05, 0) is 18.2 Å². The molecule has 3 N–H and O–H groups in total. The SMILES string of the molecule is COc1ccccc1[C@H](O)CNC(=O)c1ccc[nH]c1=O. The molecule has 0 unspecified atom stereocenters. The molecule has 21 heavy (non-hydrogen) atoms. The Morgan fingerprint density at radius 3 is 2.81 bits per heavy atom. The lowest BCUT2D eigenvalue weighted by molar-refractivity contribution is 0.0913. The van der Waals surface area contributed by atoms with Gasteiger partial charge in [-0.3, -0.25) is 9.59 Å². The van der Waals surface area contributed by atoms with Gasteiger partial charge in [-0.1, -0.05) is 18.2 Å². The highest BCUT2D eigenvalue weighted by atomic mass is 16.5. The second kappa shape index (κ2) is 6.71. The number of hydrogen-bond donors (Lipinski definition) is 3. The molecule has 0 aliphatic carbocycles. The number of para-hydroxylation sites is 1. The van der Waals surface area contributed by atoms with Crippen LogP contribution in [-0.4, -0.2) is 29.7 Å². The van der Waals surface area contributed by atoms with Crippen LogP contribution in [0.25, 0.3) is 0 Å². The molecule has 1 heterocycles. The minimum atomic E-state index is -0.923. The monoisotopic (exact) mass is 288 g/mol. The van der Waals surface area contributed by atoms with E-state index in [1.807, 2.05) is 0 Å². The lowest BCUT2D eigenvalue weighted by atomic mass is 10.1. The first-order valence-corrected chi connectivity index (χ1v) is 6.40. The molecule has 1 aromatic heterocycles. The van der Waals surface area contributed by atoms with Gasteiger partial charge in [0.25, 0.3) is 11.5 Å². The van der Waals surface area contributed by atoms with Crippen molar-refractivity contribution in [2.45, 2.75) is 6.10 Å². The highest BCUT2D eigenvalue weighted by Crippen LogP contribution is 2.23. The summed E-state index contributed by atoms with van der Waals surface area (Å²) in [4.78, 5) is 25.8. The number of aliphatic hydroxyl groups is 1. The zero-order valence-electron chi connectivity index (χ0n) is 11.5. The number of aromatic nitrogens is 1. The first-order valence-electron chi connectivity index (χ1n) is 6.40. The molecule has 0 spiro atoms. The van der Waals surface area contributed by atoms with Crippen LogP contribution in [0.4, 0.5) is 0 Å². The summed E-state index contributed by atoms with van der Waals surface area (Å²) in [5.74, 6) is 0.00241. The molecule has 0 bridgehead atoms. The molecule has 0 saturated carbocycles. The van der Waals surface area contributed by atoms with E-state index in [1.54, 1.807) is 30.3 Å². The van der Waals surface area contributed by atoms with E-state index in [1.165, 1.54) is 19.4 Å². The van der Waals surface area contributed by atoms with Crippen molar-refractivity contribution in [1.82, 2.24) is 10.3 Å². The van der Waals surface area contributed by atoms with Gasteiger partial charge in [0.1, 0.15) is 11.3 Å². The number of nitrogens with one attached hydrogen (secondary N) is 2. The van der Waals surface area contributed by atoms with Crippen LogP contribution < -0.4 is 15.6 Å². The van der Waals surface area contributed by atoms with E-state index in [-0.39, 0.29) is 12.1 Å². The third kappa shape index (κ3) is 3.49. The van der Waals surface area contributed by atoms with Gasteiger partial charge in [0.05, 0.1) is 13.2 Å². The van der Waals surface area contributed by atoms with E-state index in [0.29, 0.717) is 11.3 Å². The van der Waals surface area contributed by atoms with E-state index in [0.717, 1.165) is 0 Å². The van der Waals surface area contributed by atoms with Crippen LogP contribution in [-0.2, 0) is 0 Å². The smallest absolute Gasteiger partial charge is 0.260 e. The molecule has 6 heteroatoms. The highest BCUT2D eigenvalue weighted by molar-refractivity contribution is 5.93. The Bertz CT molecular complexity index is 681. The summed E-state index contributed by atoms with van der Waals surface area (Å²) >= 11 is 0. The molecule has 1 aromatic carbocycles. The largest absolute Gasteiger partial charge is 0.496 e. The number of methoxy groups -OCH3 is 1. The van der Waals surface area contributed by atoms with Crippen LogP contribution in [0.1, 0.15) is 22.0 Å². The van der Waals surface area contributed by atoms with Gasteiger partial charge in [0.15, 0.2) is 0 Å². The maximum absolute atomic E-state index is 11.9. The predicted octanol–water partition coefficient (Wildman–Crippen LogP) is 0.847. The van der Waals surface area contributed by atoms with Crippen molar-refractivity contribution in [3.05, 3.63) is 64.1 Å². The second-order valence-electron chi connectivity index (χ2n) is 4.38. The minimum absolute atomic E-state index is 0.00438. The Balaban J connectivity index is 2.04. The van der Waals surface area contributed by atoms with E-state index in [9.17, 15) is 14.7 Å². The quantitative estimate of drug-likeness (QED) is 0.760. The van der Waals surface area contributed by atoms with Gasteiger partial charge in [0, 0.05) is 18.3 Å². The average molecular weight is 288 g/mol. The molecule has 0 aliphatic rings. The number of carbonyl (C=O) groups excluding carboxylic acids is 1. The molecule has 1 atom stereocenters. The number of pyridine rings is 1. The van der Waals surface area contributed by atoms with Gasteiger partial charge >= 0.3 is 0 Å². The normalized spacial score (nSPS) is 11.7. The number of hydrogen-bond acceptors (Lipinski definition) is 4. The molecule has 110 valence electrons. The van der Waals surface area contributed by atoms with Crippen molar-refractivity contribution in [2.75, 3.05) is 13.7 Å². The van der Waals surface area contributed by atoms with E-state index >= 15 is 0 Å². The molecule has 0 radical (unpaired) electrons. The van der Waals surface area contributed by atoms with Gasteiger partial charge in [0.2, 0.25) is 0 Å². The van der Waals surface area contributed by atoms with Gasteiger partial charge < -0.3 is 20.1 Å². The third-order valence-electron chi connectivity index (χ3n) is 3.02.